The molecule has 0 aromatic heterocycles. The van der Waals surface area contributed by atoms with Crippen molar-refractivity contribution in [3.05, 3.63) is 29.3 Å². The van der Waals surface area contributed by atoms with Crippen molar-refractivity contribution in [2.24, 2.45) is 5.92 Å². The minimum absolute atomic E-state index is 0.312. The van der Waals surface area contributed by atoms with Gasteiger partial charge in [-0.25, -0.2) is 4.79 Å². The molecule has 0 bridgehead atoms. The Morgan fingerprint density at radius 3 is 2.54 bits per heavy atom. The number of amides is 1. The fourth-order valence-corrected chi connectivity index (χ4v) is 4.04. The fraction of sp³-hybridized carbons (Fsp3) is 0.545. The average Bonchev–Trinajstić information content (AvgIpc) is 2.90. The highest BCUT2D eigenvalue weighted by Gasteiger charge is 2.50. The summed E-state index contributed by atoms with van der Waals surface area (Å²) >= 11 is 0. The second kappa shape index (κ2) is 8.25. The molecule has 1 saturated carbocycles. The Morgan fingerprint density at radius 1 is 1.21 bits per heavy atom. The molecule has 1 aromatic rings. The summed E-state index contributed by atoms with van der Waals surface area (Å²) in [5, 5.41) is 2.94. The maximum atomic E-state index is 13.3. The van der Waals surface area contributed by atoms with E-state index in [-0.39, 0.29) is 5.91 Å². The quantitative estimate of drug-likeness (QED) is 0.739. The first-order valence-electron chi connectivity index (χ1n) is 10.1. The molecule has 1 aliphatic carbocycles. The highest BCUT2D eigenvalue weighted by atomic mass is 16.6. The predicted molar refractivity (Wildman–Crippen MR) is 107 cm³/mol. The van der Waals surface area contributed by atoms with Gasteiger partial charge in [0.25, 0.3) is 5.91 Å². The van der Waals surface area contributed by atoms with Crippen LogP contribution in [0.25, 0.3) is 0 Å². The van der Waals surface area contributed by atoms with Gasteiger partial charge < -0.3 is 19.5 Å². The molecule has 0 atom stereocenters. The van der Waals surface area contributed by atoms with Gasteiger partial charge in [0.05, 0.1) is 24.5 Å². The van der Waals surface area contributed by atoms with Crippen LogP contribution in [0, 0.1) is 5.92 Å². The van der Waals surface area contributed by atoms with Gasteiger partial charge in [-0.05, 0) is 64.5 Å². The molecule has 0 saturated heterocycles. The van der Waals surface area contributed by atoms with E-state index >= 15 is 0 Å². The van der Waals surface area contributed by atoms with E-state index in [4.69, 9.17) is 14.2 Å². The number of benzene rings is 1. The number of anilines is 1. The first-order valence-corrected chi connectivity index (χ1v) is 10.1. The minimum atomic E-state index is -0.804. The molecule has 1 amide bonds. The molecule has 6 nitrogen and oxygen atoms in total. The molecule has 28 heavy (non-hydrogen) atoms. The smallest absolute Gasteiger partial charge is 0.335 e. The molecule has 0 unspecified atom stereocenters. The maximum Gasteiger partial charge on any atom is 0.335 e. The summed E-state index contributed by atoms with van der Waals surface area (Å²) in [7, 11) is 0. The number of carbonyl (C=O) groups excluding carboxylic acids is 2. The van der Waals surface area contributed by atoms with Gasteiger partial charge in [-0.1, -0.05) is 6.92 Å². The maximum absolute atomic E-state index is 13.3. The first-order chi connectivity index (χ1) is 13.4. The van der Waals surface area contributed by atoms with Gasteiger partial charge in [0.15, 0.2) is 0 Å². The van der Waals surface area contributed by atoms with E-state index in [0.29, 0.717) is 60.3 Å². The van der Waals surface area contributed by atoms with Crippen LogP contribution in [-0.2, 0) is 14.3 Å². The summed E-state index contributed by atoms with van der Waals surface area (Å²) < 4.78 is 16.9. The molecule has 1 aromatic carbocycles. The van der Waals surface area contributed by atoms with Crippen molar-refractivity contribution in [2.45, 2.75) is 59.0 Å². The van der Waals surface area contributed by atoms with Crippen LogP contribution in [0.15, 0.2) is 29.3 Å². The highest BCUT2D eigenvalue weighted by Crippen LogP contribution is 2.45. The van der Waals surface area contributed by atoms with Gasteiger partial charge in [-0.15, -0.1) is 0 Å². The van der Waals surface area contributed by atoms with Gasteiger partial charge in [0.1, 0.15) is 17.1 Å². The summed E-state index contributed by atoms with van der Waals surface area (Å²) in [5.74, 6) is 1.07. The summed E-state index contributed by atoms with van der Waals surface area (Å²) in [6.45, 7) is 8.64. The Kier molecular flexibility index (Phi) is 5.96. The Morgan fingerprint density at radius 2 is 1.89 bits per heavy atom. The third kappa shape index (κ3) is 3.86. The van der Waals surface area contributed by atoms with E-state index in [2.05, 4.69) is 12.2 Å². The molecule has 6 heteroatoms. The summed E-state index contributed by atoms with van der Waals surface area (Å²) in [5.41, 5.74) is 0.567. The molecule has 1 fully saturated rings. The molecule has 1 heterocycles. The molecule has 0 radical (unpaired) electrons. The third-order valence-electron chi connectivity index (χ3n) is 5.54. The molecule has 152 valence electrons. The van der Waals surface area contributed by atoms with E-state index in [1.807, 2.05) is 13.8 Å². The van der Waals surface area contributed by atoms with Crippen molar-refractivity contribution in [3.8, 4) is 11.5 Å². The van der Waals surface area contributed by atoms with Gasteiger partial charge in [-0.3, -0.25) is 4.79 Å². The van der Waals surface area contributed by atoms with E-state index in [0.717, 1.165) is 12.8 Å². The second-order valence-corrected chi connectivity index (χ2v) is 7.54. The predicted octanol–water partition coefficient (Wildman–Crippen LogP) is 4.24. The zero-order valence-corrected chi connectivity index (χ0v) is 17.1. The summed E-state index contributed by atoms with van der Waals surface area (Å²) in [4.78, 5) is 25.6. The lowest BCUT2D eigenvalue weighted by Gasteiger charge is -2.36. The van der Waals surface area contributed by atoms with Gasteiger partial charge in [0.2, 0.25) is 0 Å². The van der Waals surface area contributed by atoms with E-state index in [1.54, 1.807) is 25.1 Å². The fourth-order valence-electron chi connectivity index (χ4n) is 4.04. The molecule has 1 aliphatic heterocycles. The lowest BCUT2D eigenvalue weighted by atomic mass is 9.75. The third-order valence-corrected chi connectivity index (χ3v) is 5.54. The minimum Gasteiger partial charge on any atom is -0.494 e. The SMILES string of the molecule is CCOc1ccc(OCC)c(NC(=O)C2=C(C)C(=O)OC23CCC(C)CC3)c1. The van der Waals surface area contributed by atoms with Gasteiger partial charge in [-0.2, -0.15) is 0 Å². The molecule has 2 aliphatic rings. The van der Waals surface area contributed by atoms with Crippen molar-refractivity contribution >= 4 is 17.6 Å². The number of carbonyl (C=O) groups is 2. The van der Waals surface area contributed by atoms with Crippen LogP contribution in [0.4, 0.5) is 5.69 Å². The number of hydrogen-bond acceptors (Lipinski definition) is 5. The van der Waals surface area contributed by atoms with Crippen LogP contribution in [0.1, 0.15) is 53.4 Å². The van der Waals surface area contributed by atoms with Gasteiger partial charge in [0, 0.05) is 11.6 Å². The van der Waals surface area contributed by atoms with Crippen LogP contribution in [0.3, 0.4) is 0 Å². The highest BCUT2D eigenvalue weighted by molar-refractivity contribution is 6.13. The average molecular weight is 387 g/mol. The Balaban J connectivity index is 1.90. The van der Waals surface area contributed by atoms with Crippen LogP contribution >= 0.6 is 0 Å². The lowest BCUT2D eigenvalue weighted by molar-refractivity contribution is -0.150. The molecule has 1 spiro atoms. The number of nitrogens with one attached hydrogen (secondary N) is 1. The molecular weight excluding hydrogens is 358 g/mol. The zero-order valence-electron chi connectivity index (χ0n) is 17.1. The molecular formula is C22H29NO5. The van der Waals surface area contributed by atoms with Gasteiger partial charge >= 0.3 is 5.97 Å². The zero-order chi connectivity index (χ0) is 20.3. The van der Waals surface area contributed by atoms with Crippen LogP contribution in [0.2, 0.25) is 0 Å². The molecule has 3 rings (SSSR count). The van der Waals surface area contributed by atoms with Crippen LogP contribution in [-0.4, -0.2) is 30.7 Å². The Bertz CT molecular complexity index is 790. The van der Waals surface area contributed by atoms with Crippen molar-refractivity contribution in [1.82, 2.24) is 0 Å². The van der Waals surface area contributed by atoms with Crippen LogP contribution in [0.5, 0.6) is 11.5 Å². The lowest BCUT2D eigenvalue weighted by Crippen LogP contribution is -2.40. The number of esters is 1. The first kappa shape index (κ1) is 20.2. The largest absolute Gasteiger partial charge is 0.494 e. The number of rotatable bonds is 6. The van der Waals surface area contributed by atoms with E-state index < -0.39 is 11.6 Å². The van der Waals surface area contributed by atoms with Crippen LogP contribution < -0.4 is 14.8 Å². The number of ether oxygens (including phenoxy) is 3. The van der Waals surface area contributed by atoms with E-state index in [1.165, 1.54) is 0 Å². The topological polar surface area (TPSA) is 73.9 Å². The van der Waals surface area contributed by atoms with E-state index in [9.17, 15) is 9.59 Å². The number of hydrogen-bond donors (Lipinski definition) is 1. The van der Waals surface area contributed by atoms with Crippen molar-refractivity contribution in [3.63, 3.8) is 0 Å². The summed E-state index contributed by atoms with van der Waals surface area (Å²) in [6.07, 6.45) is 3.22. The Labute approximate surface area is 166 Å². The normalized spacial score (nSPS) is 24.3. The van der Waals surface area contributed by atoms with Crippen molar-refractivity contribution < 1.29 is 23.8 Å². The monoisotopic (exact) mass is 387 g/mol. The molecule has 1 N–H and O–H groups in total. The summed E-state index contributed by atoms with van der Waals surface area (Å²) in [6, 6.07) is 5.33. The van der Waals surface area contributed by atoms with Crippen molar-refractivity contribution in [2.75, 3.05) is 18.5 Å². The standard InChI is InChI=1S/C22H29NO5/c1-5-26-16-7-8-18(27-6-2)17(13-16)23-20(24)19-15(4)21(25)28-22(19)11-9-14(3)10-12-22/h7-8,13-14H,5-6,9-12H2,1-4H3,(H,23,24). The second-order valence-electron chi connectivity index (χ2n) is 7.54. The van der Waals surface area contributed by atoms with Crippen molar-refractivity contribution in [1.29, 1.82) is 0 Å². The Hall–Kier alpha value is -2.50.